The van der Waals surface area contributed by atoms with Crippen LogP contribution >= 0.6 is 0 Å². The molecule has 0 atom stereocenters. The maximum Gasteiger partial charge on any atom is 0.260 e. The van der Waals surface area contributed by atoms with E-state index in [2.05, 4.69) is 40.5 Å². The summed E-state index contributed by atoms with van der Waals surface area (Å²) in [6.07, 6.45) is 5.33. The van der Waals surface area contributed by atoms with Crippen molar-refractivity contribution in [1.82, 2.24) is 19.4 Å². The summed E-state index contributed by atoms with van der Waals surface area (Å²) in [6.45, 7) is 6.51. The van der Waals surface area contributed by atoms with Gasteiger partial charge in [0.15, 0.2) is 0 Å². The highest BCUT2D eigenvalue weighted by molar-refractivity contribution is 5.93. The number of nitrogens with zero attached hydrogens (tertiary/aromatic N) is 3. The number of piperidine rings is 1. The molecule has 1 aliphatic rings. The topological polar surface area (TPSA) is 71.0 Å². The van der Waals surface area contributed by atoms with E-state index >= 15 is 0 Å². The van der Waals surface area contributed by atoms with Crippen molar-refractivity contribution in [3.8, 4) is 0 Å². The number of aromatic nitrogens is 3. The second-order valence-electron chi connectivity index (χ2n) is 7.47. The van der Waals surface area contributed by atoms with Gasteiger partial charge in [0.1, 0.15) is 5.56 Å². The number of pyridine rings is 1. The van der Waals surface area contributed by atoms with E-state index in [1.807, 2.05) is 6.33 Å². The van der Waals surface area contributed by atoms with Crippen LogP contribution < -0.4 is 5.56 Å². The van der Waals surface area contributed by atoms with Gasteiger partial charge in [0.2, 0.25) is 0 Å². The molecule has 3 aromatic rings. The summed E-state index contributed by atoms with van der Waals surface area (Å²) in [7, 11) is 0. The van der Waals surface area contributed by atoms with Crippen molar-refractivity contribution in [2.45, 2.75) is 33.2 Å². The van der Waals surface area contributed by atoms with Crippen LogP contribution in [-0.4, -0.2) is 38.4 Å². The standard InChI is InChI=1S/C21H24N4O2/c1-14-10-18-19(11-15(14)2)25(13-23-18)12-16-5-8-24(9-6-16)21(27)17-4-3-7-22-20(17)26/h3-4,7,10-11,13,16H,5-6,8-9,12H2,1-2H3,(H,22,26). The van der Waals surface area contributed by atoms with Crippen molar-refractivity contribution in [3.63, 3.8) is 0 Å². The van der Waals surface area contributed by atoms with Crippen LogP contribution in [0.25, 0.3) is 11.0 Å². The summed E-state index contributed by atoms with van der Waals surface area (Å²) < 4.78 is 2.23. The van der Waals surface area contributed by atoms with Crippen LogP contribution in [0.1, 0.15) is 34.3 Å². The lowest BCUT2D eigenvalue weighted by Crippen LogP contribution is -2.41. The number of carbonyl (C=O) groups is 1. The molecule has 6 nitrogen and oxygen atoms in total. The third kappa shape index (κ3) is 3.39. The average Bonchev–Trinajstić information content (AvgIpc) is 3.04. The Balaban J connectivity index is 1.43. The molecule has 0 saturated carbocycles. The minimum absolute atomic E-state index is 0.172. The van der Waals surface area contributed by atoms with Gasteiger partial charge in [0.05, 0.1) is 17.4 Å². The Morgan fingerprint density at radius 1 is 1.22 bits per heavy atom. The number of carbonyl (C=O) groups excluding carboxylic acids is 1. The molecule has 0 spiro atoms. The smallest absolute Gasteiger partial charge is 0.260 e. The quantitative estimate of drug-likeness (QED) is 0.777. The van der Waals surface area contributed by atoms with Crippen molar-refractivity contribution in [1.29, 1.82) is 0 Å². The number of hydrogen-bond acceptors (Lipinski definition) is 3. The number of fused-ring (bicyclic) bond motifs is 1. The normalized spacial score (nSPS) is 15.4. The Hall–Kier alpha value is -2.89. The fraction of sp³-hybridized carbons (Fsp3) is 0.381. The van der Waals surface area contributed by atoms with E-state index < -0.39 is 0 Å². The minimum atomic E-state index is -0.319. The molecule has 3 heterocycles. The highest BCUT2D eigenvalue weighted by atomic mass is 16.2. The molecular formula is C21H24N4O2. The van der Waals surface area contributed by atoms with E-state index in [0.29, 0.717) is 19.0 Å². The van der Waals surface area contributed by atoms with Crippen LogP contribution in [0.2, 0.25) is 0 Å². The Bertz CT molecular complexity index is 1040. The van der Waals surface area contributed by atoms with Gasteiger partial charge >= 0.3 is 0 Å². The van der Waals surface area contributed by atoms with Gasteiger partial charge in [0, 0.05) is 25.8 Å². The van der Waals surface area contributed by atoms with E-state index in [1.165, 1.54) is 16.6 Å². The molecule has 6 heteroatoms. The largest absolute Gasteiger partial charge is 0.338 e. The number of H-pyrrole nitrogens is 1. The van der Waals surface area contributed by atoms with Crippen LogP contribution in [0.5, 0.6) is 0 Å². The van der Waals surface area contributed by atoms with Gasteiger partial charge in [0.25, 0.3) is 11.5 Å². The van der Waals surface area contributed by atoms with Crippen LogP contribution in [0.4, 0.5) is 0 Å². The third-order valence-electron chi connectivity index (χ3n) is 5.64. The first kappa shape index (κ1) is 17.5. The number of nitrogens with one attached hydrogen (secondary N) is 1. The lowest BCUT2D eigenvalue weighted by molar-refractivity contribution is 0.0681. The maximum atomic E-state index is 12.6. The number of rotatable bonds is 3. The zero-order valence-corrected chi connectivity index (χ0v) is 15.7. The fourth-order valence-corrected chi connectivity index (χ4v) is 3.82. The first-order valence-corrected chi connectivity index (χ1v) is 9.42. The Kier molecular flexibility index (Phi) is 4.56. The van der Waals surface area contributed by atoms with Crippen molar-refractivity contribution in [2.75, 3.05) is 13.1 Å². The highest BCUT2D eigenvalue weighted by Crippen LogP contribution is 2.24. The number of aryl methyl sites for hydroxylation is 2. The molecule has 1 amide bonds. The number of imidazole rings is 1. The molecule has 1 saturated heterocycles. The first-order chi connectivity index (χ1) is 13.0. The zero-order valence-electron chi connectivity index (χ0n) is 15.7. The van der Waals surface area contributed by atoms with Crippen LogP contribution in [0, 0.1) is 19.8 Å². The molecule has 1 fully saturated rings. The van der Waals surface area contributed by atoms with E-state index in [1.54, 1.807) is 23.2 Å². The molecule has 0 bridgehead atoms. The first-order valence-electron chi connectivity index (χ1n) is 9.42. The molecule has 0 radical (unpaired) electrons. The van der Waals surface area contributed by atoms with E-state index in [-0.39, 0.29) is 17.0 Å². The number of likely N-dealkylation sites (tertiary alicyclic amines) is 1. The lowest BCUT2D eigenvalue weighted by atomic mass is 9.96. The van der Waals surface area contributed by atoms with Gasteiger partial charge in [-0.25, -0.2) is 4.98 Å². The number of hydrogen-bond donors (Lipinski definition) is 1. The molecule has 27 heavy (non-hydrogen) atoms. The Morgan fingerprint density at radius 2 is 1.96 bits per heavy atom. The number of aromatic amines is 1. The molecule has 0 aliphatic carbocycles. The van der Waals surface area contributed by atoms with Gasteiger partial charge in [-0.15, -0.1) is 0 Å². The minimum Gasteiger partial charge on any atom is -0.338 e. The summed E-state index contributed by atoms with van der Waals surface area (Å²) in [4.78, 5) is 33.3. The molecule has 1 aromatic carbocycles. The molecule has 1 aliphatic heterocycles. The number of benzene rings is 1. The van der Waals surface area contributed by atoms with Crippen molar-refractivity contribution in [3.05, 3.63) is 63.8 Å². The third-order valence-corrected chi connectivity index (χ3v) is 5.64. The van der Waals surface area contributed by atoms with Gasteiger partial charge in [-0.2, -0.15) is 0 Å². The molecular weight excluding hydrogens is 340 g/mol. The summed E-state index contributed by atoms with van der Waals surface area (Å²) >= 11 is 0. The predicted molar refractivity (Wildman–Crippen MR) is 105 cm³/mol. The van der Waals surface area contributed by atoms with Crippen LogP contribution in [0.3, 0.4) is 0 Å². The molecule has 0 unspecified atom stereocenters. The fourth-order valence-electron chi connectivity index (χ4n) is 3.82. The molecule has 4 rings (SSSR count). The predicted octanol–water partition coefficient (Wildman–Crippen LogP) is 2.89. The second kappa shape index (κ2) is 7.02. The average molecular weight is 364 g/mol. The Labute approximate surface area is 157 Å². The molecule has 140 valence electrons. The summed E-state index contributed by atoms with van der Waals surface area (Å²) in [5, 5.41) is 0. The van der Waals surface area contributed by atoms with E-state index in [4.69, 9.17) is 0 Å². The van der Waals surface area contributed by atoms with Crippen molar-refractivity contribution < 1.29 is 4.79 Å². The van der Waals surface area contributed by atoms with E-state index in [9.17, 15) is 9.59 Å². The summed E-state index contributed by atoms with van der Waals surface area (Å²) in [6, 6.07) is 7.63. The highest BCUT2D eigenvalue weighted by Gasteiger charge is 2.25. The number of amides is 1. The monoisotopic (exact) mass is 364 g/mol. The van der Waals surface area contributed by atoms with Gasteiger partial charge in [-0.05, 0) is 68.0 Å². The van der Waals surface area contributed by atoms with Crippen LogP contribution in [-0.2, 0) is 6.54 Å². The van der Waals surface area contributed by atoms with Crippen molar-refractivity contribution in [2.24, 2.45) is 5.92 Å². The van der Waals surface area contributed by atoms with E-state index in [0.717, 1.165) is 24.9 Å². The maximum absolute atomic E-state index is 12.6. The van der Waals surface area contributed by atoms with Gasteiger partial charge < -0.3 is 14.5 Å². The SMILES string of the molecule is Cc1cc2ncn(CC3CCN(C(=O)c4ccc[nH]c4=O)CC3)c2cc1C. The molecule has 2 aromatic heterocycles. The van der Waals surface area contributed by atoms with Crippen LogP contribution in [0.15, 0.2) is 41.6 Å². The second-order valence-corrected chi connectivity index (χ2v) is 7.47. The van der Waals surface area contributed by atoms with Gasteiger partial charge in [-0.1, -0.05) is 0 Å². The molecule has 1 N–H and O–H groups in total. The summed E-state index contributed by atoms with van der Waals surface area (Å²) in [5.41, 5.74) is 4.65. The summed E-state index contributed by atoms with van der Waals surface area (Å²) in [5.74, 6) is 0.330. The Morgan fingerprint density at radius 3 is 2.70 bits per heavy atom. The van der Waals surface area contributed by atoms with Crippen molar-refractivity contribution >= 4 is 16.9 Å². The lowest BCUT2D eigenvalue weighted by Gasteiger charge is -2.32. The zero-order chi connectivity index (χ0) is 19.0. The van der Waals surface area contributed by atoms with Gasteiger partial charge in [-0.3, -0.25) is 9.59 Å².